The molecular weight excluding hydrogens is 484 g/mol. The Hall–Kier alpha value is -5.34. The van der Waals surface area contributed by atoms with E-state index in [1.54, 1.807) is 0 Å². The van der Waals surface area contributed by atoms with Crippen LogP contribution in [0, 0.1) is 0 Å². The van der Waals surface area contributed by atoms with Gasteiger partial charge in [-0.15, -0.1) is 0 Å². The Morgan fingerprint density at radius 3 is 1.55 bits per heavy atom. The third-order valence-corrected chi connectivity index (χ3v) is 7.84. The van der Waals surface area contributed by atoms with Gasteiger partial charge in [0.25, 0.3) is 0 Å². The maximum Gasteiger partial charge on any atom is 0.161 e. The van der Waals surface area contributed by atoms with Crippen molar-refractivity contribution in [2.45, 2.75) is 0 Å². The van der Waals surface area contributed by atoms with Crippen molar-refractivity contribution in [3.8, 4) is 67.3 Å². The van der Waals surface area contributed by atoms with Gasteiger partial charge in [-0.2, -0.15) is 0 Å². The van der Waals surface area contributed by atoms with Crippen molar-refractivity contribution in [3.05, 3.63) is 146 Å². The number of nitrogens with zero attached hydrogens (tertiary/aromatic N) is 2. The van der Waals surface area contributed by atoms with E-state index in [0.29, 0.717) is 0 Å². The van der Waals surface area contributed by atoms with E-state index in [1.807, 2.05) is 12.1 Å². The lowest BCUT2D eigenvalue weighted by Gasteiger charge is -2.13. The van der Waals surface area contributed by atoms with Crippen LogP contribution in [0.25, 0.3) is 78.1 Å². The largest absolute Gasteiger partial charge is 0.228 e. The van der Waals surface area contributed by atoms with Gasteiger partial charge in [0.2, 0.25) is 0 Å². The maximum absolute atomic E-state index is 5.18. The van der Waals surface area contributed by atoms with Crippen LogP contribution in [-0.2, 0) is 0 Å². The molecule has 1 aromatic heterocycles. The van der Waals surface area contributed by atoms with E-state index in [4.69, 9.17) is 9.97 Å². The summed E-state index contributed by atoms with van der Waals surface area (Å²) < 4.78 is 0. The topological polar surface area (TPSA) is 25.8 Å². The van der Waals surface area contributed by atoms with Crippen molar-refractivity contribution < 1.29 is 0 Å². The Morgan fingerprint density at radius 1 is 0.350 bits per heavy atom. The average Bonchev–Trinajstić information content (AvgIpc) is 3.38. The summed E-state index contributed by atoms with van der Waals surface area (Å²) in [6.45, 7) is 0. The monoisotopic (exact) mass is 508 g/mol. The van der Waals surface area contributed by atoms with E-state index in [1.165, 1.54) is 44.2 Å². The number of fused-ring (bicyclic) bond motifs is 3. The molecule has 0 N–H and O–H groups in total. The first-order chi connectivity index (χ1) is 19.8. The number of rotatable bonds is 4. The van der Waals surface area contributed by atoms with E-state index in [-0.39, 0.29) is 0 Å². The van der Waals surface area contributed by atoms with Gasteiger partial charge in [-0.3, -0.25) is 0 Å². The molecule has 0 bridgehead atoms. The second kappa shape index (κ2) is 9.14. The van der Waals surface area contributed by atoms with Gasteiger partial charge in [0.15, 0.2) is 5.82 Å². The molecule has 6 aromatic carbocycles. The smallest absolute Gasteiger partial charge is 0.161 e. The zero-order chi connectivity index (χ0) is 26.5. The predicted molar refractivity (Wildman–Crippen MR) is 166 cm³/mol. The second-order valence-electron chi connectivity index (χ2n) is 10.2. The van der Waals surface area contributed by atoms with Crippen molar-refractivity contribution in [1.82, 2.24) is 9.97 Å². The Bertz CT molecular complexity index is 1970. The van der Waals surface area contributed by atoms with Gasteiger partial charge in [-0.25, -0.2) is 9.97 Å². The summed E-state index contributed by atoms with van der Waals surface area (Å²) in [6, 6.07) is 51.2. The minimum atomic E-state index is 0.741. The molecule has 0 unspecified atom stereocenters. The van der Waals surface area contributed by atoms with Crippen molar-refractivity contribution in [2.75, 3.05) is 0 Å². The molecule has 40 heavy (non-hydrogen) atoms. The molecule has 2 nitrogen and oxygen atoms in total. The lowest BCUT2D eigenvalue weighted by Crippen LogP contribution is -1.97. The summed E-state index contributed by atoms with van der Waals surface area (Å²) in [6.07, 6.45) is 0. The number of hydrogen-bond acceptors (Lipinski definition) is 2. The van der Waals surface area contributed by atoms with Crippen LogP contribution in [0.15, 0.2) is 146 Å². The highest BCUT2D eigenvalue weighted by Crippen LogP contribution is 2.53. The summed E-state index contributed by atoms with van der Waals surface area (Å²) in [7, 11) is 0. The van der Waals surface area contributed by atoms with Crippen LogP contribution in [0.2, 0.25) is 0 Å². The molecule has 2 heteroatoms. The fourth-order valence-corrected chi connectivity index (χ4v) is 6.04. The number of benzene rings is 6. The van der Waals surface area contributed by atoms with Crippen LogP contribution >= 0.6 is 0 Å². The van der Waals surface area contributed by atoms with Crippen molar-refractivity contribution >= 4 is 10.8 Å². The van der Waals surface area contributed by atoms with Gasteiger partial charge in [-0.1, -0.05) is 133 Å². The zero-order valence-electron chi connectivity index (χ0n) is 21.8. The molecule has 7 aromatic rings. The second-order valence-corrected chi connectivity index (χ2v) is 10.2. The third-order valence-electron chi connectivity index (χ3n) is 7.84. The van der Waals surface area contributed by atoms with E-state index < -0.39 is 0 Å². The van der Waals surface area contributed by atoms with E-state index in [2.05, 4.69) is 133 Å². The molecule has 0 fully saturated rings. The first-order valence-corrected chi connectivity index (χ1v) is 13.6. The van der Waals surface area contributed by atoms with E-state index in [9.17, 15) is 0 Å². The highest BCUT2D eigenvalue weighted by Gasteiger charge is 2.28. The Labute approximate surface area is 233 Å². The maximum atomic E-state index is 5.18. The van der Waals surface area contributed by atoms with Gasteiger partial charge >= 0.3 is 0 Å². The zero-order valence-corrected chi connectivity index (χ0v) is 21.8. The fraction of sp³-hybridized carbons (Fsp3) is 0. The standard InChI is InChI=1S/C38H24N2/c1-4-12-25(13-5-1)29-19-11-21-31-36(29)30-20-10-18-28-22-23-32(37(31)35(28)30)38-39-33(26-14-6-2-7-15-26)24-34(40-38)27-16-8-3-9-17-27/h1-24H. The van der Waals surface area contributed by atoms with Crippen molar-refractivity contribution in [3.63, 3.8) is 0 Å². The molecule has 0 radical (unpaired) electrons. The molecule has 8 rings (SSSR count). The van der Waals surface area contributed by atoms with E-state index >= 15 is 0 Å². The first kappa shape index (κ1) is 22.6. The quantitative estimate of drug-likeness (QED) is 0.236. The average molecular weight is 509 g/mol. The molecule has 1 aliphatic carbocycles. The molecule has 0 saturated heterocycles. The van der Waals surface area contributed by atoms with Crippen molar-refractivity contribution in [1.29, 1.82) is 0 Å². The lowest BCUT2D eigenvalue weighted by molar-refractivity contribution is 1.18. The van der Waals surface area contributed by atoms with Gasteiger partial charge < -0.3 is 0 Å². The van der Waals surface area contributed by atoms with Crippen LogP contribution in [0.1, 0.15) is 0 Å². The summed E-state index contributed by atoms with van der Waals surface area (Å²) in [5, 5.41) is 2.50. The van der Waals surface area contributed by atoms with Crippen molar-refractivity contribution in [2.24, 2.45) is 0 Å². The molecule has 0 saturated carbocycles. The lowest BCUT2D eigenvalue weighted by atomic mass is 9.93. The highest BCUT2D eigenvalue weighted by molar-refractivity contribution is 6.21. The van der Waals surface area contributed by atoms with Gasteiger partial charge in [0, 0.05) is 22.3 Å². The third kappa shape index (κ3) is 3.58. The number of aromatic nitrogens is 2. The minimum Gasteiger partial charge on any atom is -0.228 e. The normalized spacial score (nSPS) is 11.5. The Morgan fingerprint density at radius 2 is 0.900 bits per heavy atom. The van der Waals surface area contributed by atoms with Gasteiger partial charge in [0.1, 0.15) is 0 Å². The van der Waals surface area contributed by atoms with Crippen LogP contribution in [0.3, 0.4) is 0 Å². The molecular formula is C38H24N2. The Balaban J connectivity index is 1.42. The number of hydrogen-bond donors (Lipinski definition) is 0. The van der Waals surface area contributed by atoms with Gasteiger partial charge in [0.05, 0.1) is 11.4 Å². The van der Waals surface area contributed by atoms with Gasteiger partial charge in [-0.05, 0) is 50.7 Å². The molecule has 186 valence electrons. The van der Waals surface area contributed by atoms with Crippen LogP contribution in [0.5, 0.6) is 0 Å². The Kier molecular flexibility index (Phi) is 5.17. The summed E-state index contributed by atoms with van der Waals surface area (Å²) in [5.41, 5.74) is 12.5. The summed E-state index contributed by atoms with van der Waals surface area (Å²) in [5.74, 6) is 0.741. The van der Waals surface area contributed by atoms with E-state index in [0.717, 1.165) is 33.9 Å². The molecule has 1 heterocycles. The van der Waals surface area contributed by atoms with Crippen LogP contribution in [0.4, 0.5) is 0 Å². The SMILES string of the molecule is c1ccc(-c2cc(-c3ccccc3)nc(-c3ccc4cccc5c4c3-c3cccc(-c4ccccc4)c3-5)n2)cc1. The predicted octanol–water partition coefficient (Wildman–Crippen LogP) is 9.95. The van der Waals surface area contributed by atoms with Crippen LogP contribution < -0.4 is 0 Å². The van der Waals surface area contributed by atoms with Crippen LogP contribution in [-0.4, -0.2) is 9.97 Å². The highest BCUT2D eigenvalue weighted by atomic mass is 14.9. The summed E-state index contributed by atoms with van der Waals surface area (Å²) >= 11 is 0. The molecule has 0 aliphatic heterocycles. The molecule has 0 atom stereocenters. The molecule has 0 spiro atoms. The molecule has 1 aliphatic rings. The minimum absolute atomic E-state index is 0.741. The fourth-order valence-electron chi connectivity index (χ4n) is 6.04. The summed E-state index contributed by atoms with van der Waals surface area (Å²) in [4.78, 5) is 10.4. The molecule has 0 amide bonds. The first-order valence-electron chi connectivity index (χ1n) is 13.6.